The van der Waals surface area contributed by atoms with E-state index in [-0.39, 0.29) is 5.56 Å². The Morgan fingerprint density at radius 3 is 2.52 bits per heavy atom. The van der Waals surface area contributed by atoms with E-state index in [2.05, 4.69) is 43.1 Å². The number of anilines is 1. The van der Waals surface area contributed by atoms with Gasteiger partial charge in [0.05, 0.1) is 0 Å². The van der Waals surface area contributed by atoms with Crippen molar-refractivity contribution in [3.8, 4) is 0 Å². The third-order valence-electron chi connectivity index (χ3n) is 3.86. The Balaban J connectivity index is 2.20. The van der Waals surface area contributed by atoms with Crippen molar-refractivity contribution >= 4 is 21.4 Å². The lowest BCUT2D eigenvalue weighted by Gasteiger charge is -2.24. The SMILES string of the molecule is CCc1cc(=O)n2nc(NCC(C(C)C)C(C)C)sc2n1. The van der Waals surface area contributed by atoms with Crippen LogP contribution in [-0.2, 0) is 6.42 Å². The Morgan fingerprint density at radius 1 is 1.29 bits per heavy atom. The van der Waals surface area contributed by atoms with E-state index >= 15 is 0 Å². The van der Waals surface area contributed by atoms with E-state index in [1.807, 2.05) is 6.92 Å². The molecule has 0 aliphatic carbocycles. The molecule has 0 saturated heterocycles. The van der Waals surface area contributed by atoms with Crippen LogP contribution >= 0.6 is 11.3 Å². The van der Waals surface area contributed by atoms with Gasteiger partial charge in [0.15, 0.2) is 0 Å². The van der Waals surface area contributed by atoms with E-state index in [0.29, 0.717) is 22.7 Å². The summed E-state index contributed by atoms with van der Waals surface area (Å²) >= 11 is 1.44. The van der Waals surface area contributed by atoms with Crippen molar-refractivity contribution in [2.75, 3.05) is 11.9 Å². The summed E-state index contributed by atoms with van der Waals surface area (Å²) in [5, 5.41) is 8.46. The van der Waals surface area contributed by atoms with Gasteiger partial charge in [-0.1, -0.05) is 46.0 Å². The van der Waals surface area contributed by atoms with E-state index in [9.17, 15) is 4.79 Å². The van der Waals surface area contributed by atoms with Crippen molar-refractivity contribution in [2.45, 2.75) is 41.0 Å². The highest BCUT2D eigenvalue weighted by atomic mass is 32.1. The zero-order valence-electron chi connectivity index (χ0n) is 13.4. The summed E-state index contributed by atoms with van der Waals surface area (Å²) in [6.07, 6.45) is 0.759. The molecule has 2 heterocycles. The second kappa shape index (κ2) is 6.56. The fourth-order valence-electron chi connectivity index (χ4n) is 2.56. The molecule has 116 valence electrons. The van der Waals surface area contributed by atoms with Crippen LogP contribution in [0.25, 0.3) is 4.96 Å². The highest BCUT2D eigenvalue weighted by Crippen LogP contribution is 2.23. The Bertz CT molecular complexity index is 651. The summed E-state index contributed by atoms with van der Waals surface area (Å²) < 4.78 is 1.38. The molecule has 0 aliphatic heterocycles. The number of hydrogen-bond donors (Lipinski definition) is 1. The summed E-state index contributed by atoms with van der Waals surface area (Å²) in [4.78, 5) is 17.1. The molecule has 0 atom stereocenters. The number of hydrogen-bond acceptors (Lipinski definition) is 5. The maximum atomic E-state index is 12.0. The summed E-state index contributed by atoms with van der Waals surface area (Å²) in [6, 6.07) is 1.56. The molecule has 2 rings (SSSR count). The molecule has 21 heavy (non-hydrogen) atoms. The van der Waals surface area contributed by atoms with Gasteiger partial charge in [-0.05, 0) is 24.2 Å². The van der Waals surface area contributed by atoms with Gasteiger partial charge in [-0.2, -0.15) is 4.52 Å². The summed E-state index contributed by atoms with van der Waals surface area (Å²) in [5.41, 5.74) is 0.711. The lowest BCUT2D eigenvalue weighted by Crippen LogP contribution is -2.24. The summed E-state index contributed by atoms with van der Waals surface area (Å²) in [5.74, 6) is 1.80. The minimum atomic E-state index is -0.106. The Labute approximate surface area is 129 Å². The summed E-state index contributed by atoms with van der Waals surface area (Å²) in [6.45, 7) is 11.8. The third kappa shape index (κ3) is 3.61. The fourth-order valence-corrected chi connectivity index (χ4v) is 3.39. The highest BCUT2D eigenvalue weighted by Gasteiger charge is 2.18. The standard InChI is InChI=1S/C15H24N4OS/c1-6-11-7-13(20)19-15(17-11)21-14(18-19)16-8-12(9(2)3)10(4)5/h7,9-10,12H,6,8H2,1-5H3,(H,16,18). The molecule has 0 aromatic carbocycles. The minimum absolute atomic E-state index is 0.106. The van der Waals surface area contributed by atoms with Gasteiger partial charge >= 0.3 is 0 Å². The van der Waals surface area contributed by atoms with Gasteiger partial charge in [-0.25, -0.2) is 4.98 Å². The Kier molecular flexibility index (Phi) is 4.98. The lowest BCUT2D eigenvalue weighted by atomic mass is 9.86. The van der Waals surface area contributed by atoms with Gasteiger partial charge in [-0.3, -0.25) is 4.79 Å². The molecular formula is C15H24N4OS. The molecule has 0 saturated carbocycles. The average Bonchev–Trinajstić information content (AvgIpc) is 2.81. The van der Waals surface area contributed by atoms with E-state index in [4.69, 9.17) is 0 Å². The van der Waals surface area contributed by atoms with Crippen molar-refractivity contribution in [1.29, 1.82) is 0 Å². The van der Waals surface area contributed by atoms with Crippen LogP contribution in [0.4, 0.5) is 5.13 Å². The van der Waals surface area contributed by atoms with Crippen molar-refractivity contribution in [3.63, 3.8) is 0 Å². The van der Waals surface area contributed by atoms with Gasteiger partial charge in [0.1, 0.15) is 0 Å². The van der Waals surface area contributed by atoms with Crippen molar-refractivity contribution in [2.24, 2.45) is 17.8 Å². The number of aryl methyl sites for hydroxylation is 1. The van der Waals surface area contributed by atoms with Crippen molar-refractivity contribution in [3.05, 3.63) is 22.1 Å². The van der Waals surface area contributed by atoms with E-state index in [1.54, 1.807) is 6.07 Å². The third-order valence-corrected chi connectivity index (χ3v) is 4.73. The average molecular weight is 308 g/mol. The molecule has 5 nitrogen and oxygen atoms in total. The van der Waals surface area contributed by atoms with Gasteiger partial charge in [0.2, 0.25) is 10.1 Å². The van der Waals surface area contributed by atoms with E-state index in [1.165, 1.54) is 15.9 Å². The number of fused-ring (bicyclic) bond motifs is 1. The Hall–Kier alpha value is -1.43. The maximum Gasteiger partial charge on any atom is 0.275 e. The minimum Gasteiger partial charge on any atom is -0.360 e. The van der Waals surface area contributed by atoms with Crippen LogP contribution < -0.4 is 10.9 Å². The van der Waals surface area contributed by atoms with E-state index in [0.717, 1.165) is 23.8 Å². The van der Waals surface area contributed by atoms with Gasteiger partial charge < -0.3 is 5.32 Å². The topological polar surface area (TPSA) is 59.3 Å². The first kappa shape index (κ1) is 15.9. The molecule has 0 unspecified atom stereocenters. The van der Waals surface area contributed by atoms with Crippen molar-refractivity contribution < 1.29 is 0 Å². The fraction of sp³-hybridized carbons (Fsp3) is 0.667. The number of rotatable bonds is 6. The number of aromatic nitrogens is 3. The van der Waals surface area contributed by atoms with Gasteiger partial charge in [0, 0.05) is 18.3 Å². The van der Waals surface area contributed by atoms with Crippen LogP contribution in [0.2, 0.25) is 0 Å². The number of nitrogens with zero attached hydrogens (tertiary/aromatic N) is 3. The quantitative estimate of drug-likeness (QED) is 0.891. The molecule has 6 heteroatoms. The zero-order chi connectivity index (χ0) is 15.6. The molecule has 0 bridgehead atoms. The van der Waals surface area contributed by atoms with Crippen LogP contribution in [0.5, 0.6) is 0 Å². The van der Waals surface area contributed by atoms with Crippen LogP contribution in [0.15, 0.2) is 10.9 Å². The number of nitrogens with one attached hydrogen (secondary N) is 1. The van der Waals surface area contributed by atoms with Crippen molar-refractivity contribution in [1.82, 2.24) is 14.6 Å². The zero-order valence-corrected chi connectivity index (χ0v) is 14.2. The first-order chi connectivity index (χ1) is 9.92. The van der Waals surface area contributed by atoms with E-state index < -0.39 is 0 Å². The predicted octanol–water partition coefficient (Wildman–Crippen LogP) is 3.05. The predicted molar refractivity (Wildman–Crippen MR) is 88.2 cm³/mol. The molecular weight excluding hydrogens is 284 g/mol. The smallest absolute Gasteiger partial charge is 0.275 e. The lowest BCUT2D eigenvalue weighted by molar-refractivity contribution is 0.304. The second-order valence-electron chi connectivity index (χ2n) is 6.07. The molecule has 0 radical (unpaired) electrons. The molecule has 2 aromatic rings. The largest absolute Gasteiger partial charge is 0.360 e. The first-order valence-corrected chi connectivity index (χ1v) is 8.37. The Morgan fingerprint density at radius 2 is 1.95 bits per heavy atom. The first-order valence-electron chi connectivity index (χ1n) is 7.56. The van der Waals surface area contributed by atoms with Crippen LogP contribution in [0, 0.1) is 17.8 Å². The normalized spacial score (nSPS) is 12.0. The maximum absolute atomic E-state index is 12.0. The van der Waals surface area contributed by atoms with Crippen LogP contribution in [0.3, 0.4) is 0 Å². The molecule has 0 spiro atoms. The van der Waals surface area contributed by atoms with Crippen LogP contribution in [0.1, 0.15) is 40.3 Å². The van der Waals surface area contributed by atoms with Gasteiger partial charge in [-0.15, -0.1) is 5.10 Å². The highest BCUT2D eigenvalue weighted by molar-refractivity contribution is 7.20. The monoisotopic (exact) mass is 308 g/mol. The van der Waals surface area contributed by atoms with Crippen LogP contribution in [-0.4, -0.2) is 21.1 Å². The molecule has 0 aliphatic rings. The molecule has 0 amide bonds. The van der Waals surface area contributed by atoms with Gasteiger partial charge in [0.25, 0.3) is 5.56 Å². The molecule has 1 N–H and O–H groups in total. The summed E-state index contributed by atoms with van der Waals surface area (Å²) in [7, 11) is 0. The molecule has 0 fully saturated rings. The molecule has 2 aromatic heterocycles. The second-order valence-corrected chi connectivity index (χ2v) is 7.03.